The van der Waals surface area contributed by atoms with Gasteiger partial charge in [-0.2, -0.15) is 0 Å². The van der Waals surface area contributed by atoms with E-state index in [9.17, 15) is 5.11 Å². The van der Waals surface area contributed by atoms with Crippen LogP contribution in [0.1, 0.15) is 45.3 Å². The Morgan fingerprint density at radius 1 is 1.47 bits per heavy atom. The zero-order valence-electron chi connectivity index (χ0n) is 11.7. The fourth-order valence-electron chi connectivity index (χ4n) is 2.23. The molecule has 0 radical (unpaired) electrons. The van der Waals surface area contributed by atoms with Gasteiger partial charge < -0.3 is 14.6 Å². The number of aliphatic hydroxyl groups excluding tert-OH is 1. The first kappa shape index (κ1) is 13.8. The van der Waals surface area contributed by atoms with Crippen molar-refractivity contribution in [2.75, 3.05) is 6.61 Å². The van der Waals surface area contributed by atoms with E-state index in [-0.39, 0.29) is 5.60 Å². The topological polar surface area (TPSA) is 38.7 Å². The number of hydrogen-bond donors (Lipinski definition) is 1. The van der Waals surface area contributed by atoms with Gasteiger partial charge in [0, 0.05) is 24.5 Å². The highest BCUT2D eigenvalue weighted by molar-refractivity contribution is 5.43. The quantitative estimate of drug-likeness (QED) is 0.670. The molecular formula is C16H20O3. The molecule has 1 N–H and O–H groups in total. The summed E-state index contributed by atoms with van der Waals surface area (Å²) in [6, 6.07) is 5.58. The van der Waals surface area contributed by atoms with Crippen LogP contribution in [0.3, 0.4) is 0 Å². The Hall–Kier alpha value is -1.66. The molecule has 1 unspecified atom stereocenters. The highest BCUT2D eigenvalue weighted by atomic mass is 16.5. The molecule has 0 aliphatic carbocycles. The molecular weight excluding hydrogens is 240 g/mol. The lowest BCUT2D eigenvalue weighted by atomic mass is 9.92. The molecule has 0 spiro atoms. The molecule has 1 aromatic carbocycles. The van der Waals surface area contributed by atoms with Gasteiger partial charge in [-0.3, -0.25) is 0 Å². The molecule has 0 saturated heterocycles. The summed E-state index contributed by atoms with van der Waals surface area (Å²) in [6.45, 7) is 6.33. The molecule has 0 amide bonds. The molecule has 1 heterocycles. The lowest BCUT2D eigenvalue weighted by Gasteiger charge is -2.35. The zero-order chi connectivity index (χ0) is 13.9. The third-order valence-corrected chi connectivity index (χ3v) is 3.09. The fraction of sp³-hybridized carbons (Fsp3) is 0.500. The smallest absolute Gasteiger partial charge is 0.129 e. The Balaban J connectivity index is 2.11. The molecule has 1 aliphatic heterocycles. The maximum absolute atomic E-state index is 10.1. The van der Waals surface area contributed by atoms with Gasteiger partial charge in [-0.1, -0.05) is 0 Å². The van der Waals surface area contributed by atoms with E-state index in [1.807, 2.05) is 39.0 Å². The lowest BCUT2D eigenvalue weighted by molar-refractivity contribution is 0.0113. The highest BCUT2D eigenvalue weighted by Crippen LogP contribution is 2.40. The van der Waals surface area contributed by atoms with E-state index in [4.69, 9.17) is 9.47 Å². The molecule has 3 nitrogen and oxygen atoms in total. The zero-order valence-corrected chi connectivity index (χ0v) is 11.7. The van der Waals surface area contributed by atoms with E-state index in [1.165, 1.54) is 0 Å². The summed E-state index contributed by atoms with van der Waals surface area (Å²) in [7, 11) is 0. The van der Waals surface area contributed by atoms with Crippen molar-refractivity contribution >= 4 is 0 Å². The Labute approximate surface area is 114 Å². The van der Waals surface area contributed by atoms with Gasteiger partial charge in [-0.25, -0.2) is 0 Å². The van der Waals surface area contributed by atoms with Crippen molar-refractivity contribution in [1.82, 2.24) is 0 Å². The second-order valence-electron chi connectivity index (χ2n) is 5.31. The van der Waals surface area contributed by atoms with Gasteiger partial charge in [0.1, 0.15) is 17.1 Å². The summed E-state index contributed by atoms with van der Waals surface area (Å²) in [5.74, 6) is 7.25. The molecule has 0 fully saturated rings. The van der Waals surface area contributed by atoms with Crippen LogP contribution < -0.4 is 9.47 Å². The van der Waals surface area contributed by atoms with Crippen LogP contribution in [0.2, 0.25) is 0 Å². The average molecular weight is 260 g/mol. The summed E-state index contributed by atoms with van der Waals surface area (Å²) < 4.78 is 11.5. The van der Waals surface area contributed by atoms with Gasteiger partial charge >= 0.3 is 0 Å². The van der Waals surface area contributed by atoms with Gasteiger partial charge in [0.25, 0.3) is 0 Å². The minimum Gasteiger partial charge on any atom is -0.492 e. The van der Waals surface area contributed by atoms with Crippen molar-refractivity contribution in [1.29, 1.82) is 0 Å². The van der Waals surface area contributed by atoms with Crippen LogP contribution in [-0.4, -0.2) is 17.3 Å². The van der Waals surface area contributed by atoms with Crippen LogP contribution in [0.5, 0.6) is 11.5 Å². The van der Waals surface area contributed by atoms with E-state index in [2.05, 4.69) is 11.8 Å². The largest absolute Gasteiger partial charge is 0.492 e. The van der Waals surface area contributed by atoms with Crippen LogP contribution in [-0.2, 0) is 0 Å². The van der Waals surface area contributed by atoms with Crippen molar-refractivity contribution in [2.24, 2.45) is 0 Å². The van der Waals surface area contributed by atoms with E-state index >= 15 is 0 Å². The van der Waals surface area contributed by atoms with Crippen molar-refractivity contribution < 1.29 is 14.6 Å². The number of hydrogen-bond acceptors (Lipinski definition) is 3. The Morgan fingerprint density at radius 3 is 3.00 bits per heavy atom. The second kappa shape index (κ2) is 5.54. The summed E-state index contributed by atoms with van der Waals surface area (Å²) in [5.41, 5.74) is 0.485. The predicted molar refractivity (Wildman–Crippen MR) is 74.3 cm³/mol. The second-order valence-corrected chi connectivity index (χ2v) is 5.31. The maximum Gasteiger partial charge on any atom is 0.129 e. The average Bonchev–Trinajstić information content (AvgIpc) is 2.32. The van der Waals surface area contributed by atoms with Crippen molar-refractivity contribution in [3.05, 3.63) is 23.8 Å². The summed E-state index contributed by atoms with van der Waals surface area (Å²) in [5, 5.41) is 10.1. The number of ether oxygens (including phenoxy) is 2. The lowest BCUT2D eigenvalue weighted by Crippen LogP contribution is -2.34. The van der Waals surface area contributed by atoms with Gasteiger partial charge in [0.15, 0.2) is 0 Å². The fourth-order valence-corrected chi connectivity index (χ4v) is 2.23. The van der Waals surface area contributed by atoms with Gasteiger partial charge in [-0.15, -0.1) is 11.8 Å². The molecule has 3 heteroatoms. The van der Waals surface area contributed by atoms with Crippen LogP contribution in [0, 0.1) is 11.8 Å². The van der Waals surface area contributed by atoms with Crippen molar-refractivity contribution in [2.45, 2.75) is 45.3 Å². The van der Waals surface area contributed by atoms with E-state index in [0.29, 0.717) is 25.2 Å². The third-order valence-electron chi connectivity index (χ3n) is 3.09. The van der Waals surface area contributed by atoms with Crippen LogP contribution in [0.4, 0.5) is 0 Å². The van der Waals surface area contributed by atoms with Gasteiger partial charge in [0.05, 0.1) is 12.7 Å². The normalized spacial score (nSPS) is 19.7. The third kappa shape index (κ3) is 3.42. The SMILES string of the molecule is CC#CCCOc1ccc2c(c1)OC(C)(C)CC2O. The first-order valence-corrected chi connectivity index (χ1v) is 6.55. The van der Waals surface area contributed by atoms with E-state index in [0.717, 1.165) is 11.3 Å². The number of benzene rings is 1. The summed E-state index contributed by atoms with van der Waals surface area (Å²) >= 11 is 0. The molecule has 1 atom stereocenters. The summed E-state index contributed by atoms with van der Waals surface area (Å²) in [6.07, 6.45) is 0.841. The number of aliphatic hydroxyl groups is 1. The van der Waals surface area contributed by atoms with Gasteiger partial charge in [-0.05, 0) is 32.9 Å². The van der Waals surface area contributed by atoms with Crippen molar-refractivity contribution in [3.63, 3.8) is 0 Å². The molecule has 0 saturated carbocycles. The first-order valence-electron chi connectivity index (χ1n) is 6.55. The number of fused-ring (bicyclic) bond motifs is 1. The highest BCUT2D eigenvalue weighted by Gasteiger charge is 2.32. The van der Waals surface area contributed by atoms with Crippen LogP contribution in [0.25, 0.3) is 0 Å². The Kier molecular flexibility index (Phi) is 4.01. The van der Waals surface area contributed by atoms with Crippen LogP contribution in [0.15, 0.2) is 18.2 Å². The molecule has 19 heavy (non-hydrogen) atoms. The van der Waals surface area contributed by atoms with Crippen molar-refractivity contribution in [3.8, 4) is 23.3 Å². The number of rotatable bonds is 3. The molecule has 1 aromatic rings. The molecule has 2 rings (SSSR count). The monoisotopic (exact) mass is 260 g/mol. The molecule has 0 bridgehead atoms. The standard InChI is InChI=1S/C16H20O3/c1-4-5-6-9-18-12-7-8-13-14(17)11-16(2,3)19-15(13)10-12/h7-8,10,14,17H,6,9,11H2,1-3H3. The molecule has 102 valence electrons. The maximum atomic E-state index is 10.1. The van der Waals surface area contributed by atoms with E-state index in [1.54, 1.807) is 0 Å². The molecule has 1 aliphatic rings. The van der Waals surface area contributed by atoms with E-state index < -0.39 is 6.10 Å². The minimum absolute atomic E-state index is 0.348. The predicted octanol–water partition coefficient (Wildman–Crippen LogP) is 3.07. The van der Waals surface area contributed by atoms with Crippen LogP contribution >= 0.6 is 0 Å². The minimum atomic E-state index is -0.473. The Morgan fingerprint density at radius 2 is 2.26 bits per heavy atom. The Bertz CT molecular complexity index is 508. The molecule has 0 aromatic heterocycles. The van der Waals surface area contributed by atoms with Gasteiger partial charge in [0.2, 0.25) is 0 Å². The first-order chi connectivity index (χ1) is 9.02. The summed E-state index contributed by atoms with van der Waals surface area (Å²) in [4.78, 5) is 0.